The Hall–Kier alpha value is -0.580. The van der Waals surface area contributed by atoms with Crippen molar-refractivity contribution in [2.24, 2.45) is 0 Å². The number of hydrogen-bond acceptors (Lipinski definition) is 3. The van der Waals surface area contributed by atoms with Gasteiger partial charge in [-0.25, -0.2) is 0 Å². The van der Waals surface area contributed by atoms with Gasteiger partial charge in [-0.05, 0) is 50.9 Å². The lowest BCUT2D eigenvalue weighted by Gasteiger charge is -2.12. The highest BCUT2D eigenvalue weighted by Crippen LogP contribution is 2.23. The monoisotopic (exact) mass is 329 g/mol. The third-order valence-corrected chi connectivity index (χ3v) is 3.27. The molecule has 0 aliphatic rings. The third-order valence-electron chi connectivity index (χ3n) is 2.78. The van der Waals surface area contributed by atoms with E-state index in [2.05, 4.69) is 34.2 Å². The van der Waals surface area contributed by atoms with E-state index in [0.29, 0.717) is 0 Å². The summed E-state index contributed by atoms with van der Waals surface area (Å²) in [5.74, 6) is 0.952. The first kappa shape index (κ1) is 16.5. The van der Waals surface area contributed by atoms with Gasteiger partial charge in [0.05, 0.1) is 12.7 Å². The number of rotatable bonds is 9. The van der Waals surface area contributed by atoms with Crippen molar-refractivity contribution in [3.8, 4) is 5.75 Å². The van der Waals surface area contributed by atoms with E-state index in [-0.39, 0.29) is 6.10 Å². The van der Waals surface area contributed by atoms with E-state index in [1.807, 2.05) is 19.1 Å². The van der Waals surface area contributed by atoms with Gasteiger partial charge in [0.15, 0.2) is 0 Å². The number of nitrogens with one attached hydrogen (secondary N) is 1. The van der Waals surface area contributed by atoms with Crippen molar-refractivity contribution in [1.82, 2.24) is 5.32 Å². The summed E-state index contributed by atoms with van der Waals surface area (Å²) in [6, 6.07) is 6.10. The number of aliphatic hydroxyl groups is 1. The summed E-state index contributed by atoms with van der Waals surface area (Å²) in [5, 5.41) is 12.6. The zero-order valence-corrected chi connectivity index (χ0v) is 13.4. The van der Waals surface area contributed by atoms with E-state index in [0.717, 1.165) is 49.2 Å². The molecule has 0 saturated carbocycles. The molecular formula is C15H24BrNO2. The maximum absolute atomic E-state index is 9.19. The summed E-state index contributed by atoms with van der Waals surface area (Å²) < 4.78 is 6.80. The molecule has 0 radical (unpaired) electrons. The fraction of sp³-hybridized carbons (Fsp3) is 0.600. The highest BCUT2D eigenvalue weighted by Gasteiger charge is 2.04. The lowest BCUT2D eigenvalue weighted by molar-refractivity contribution is 0.181. The second kappa shape index (κ2) is 9.34. The molecule has 1 aromatic rings. The number of hydrogen-bond donors (Lipinski definition) is 2. The Labute approximate surface area is 124 Å². The fourth-order valence-corrected chi connectivity index (χ4v) is 2.19. The Morgan fingerprint density at radius 2 is 2.21 bits per heavy atom. The van der Waals surface area contributed by atoms with Crippen LogP contribution >= 0.6 is 15.9 Å². The molecule has 0 fully saturated rings. The van der Waals surface area contributed by atoms with Crippen molar-refractivity contribution in [1.29, 1.82) is 0 Å². The van der Waals surface area contributed by atoms with E-state index in [1.54, 1.807) is 0 Å². The minimum absolute atomic E-state index is 0.212. The summed E-state index contributed by atoms with van der Waals surface area (Å²) in [5.41, 5.74) is 1.17. The molecule has 2 N–H and O–H groups in total. The molecule has 108 valence electrons. The predicted molar refractivity (Wildman–Crippen MR) is 82.5 cm³/mol. The Morgan fingerprint density at radius 1 is 1.42 bits per heavy atom. The van der Waals surface area contributed by atoms with Crippen molar-refractivity contribution >= 4 is 15.9 Å². The maximum Gasteiger partial charge on any atom is 0.123 e. The second-order valence-corrected chi connectivity index (χ2v) is 5.68. The third kappa shape index (κ3) is 6.95. The van der Waals surface area contributed by atoms with Crippen LogP contribution in [0.5, 0.6) is 5.75 Å². The number of aliphatic hydroxyl groups excluding tert-OH is 1. The predicted octanol–water partition coefficient (Wildman–Crippen LogP) is 3.49. The molecule has 1 atom stereocenters. The molecule has 0 aliphatic heterocycles. The molecule has 1 aromatic carbocycles. The molecule has 1 unspecified atom stereocenters. The van der Waals surface area contributed by atoms with Gasteiger partial charge in [-0.2, -0.15) is 0 Å². The molecule has 0 amide bonds. The standard InChI is InChI=1S/C15H24BrNO2/c1-3-9-19-15-7-6-14(16)10-13(15)11-17-8-4-5-12(2)18/h6-7,10,12,17-18H,3-5,8-9,11H2,1-2H3. The van der Waals surface area contributed by atoms with Gasteiger partial charge in [0, 0.05) is 16.6 Å². The molecule has 3 nitrogen and oxygen atoms in total. The highest BCUT2D eigenvalue weighted by molar-refractivity contribution is 9.10. The average molecular weight is 330 g/mol. The molecule has 19 heavy (non-hydrogen) atoms. The van der Waals surface area contributed by atoms with Crippen molar-refractivity contribution in [3.63, 3.8) is 0 Å². The van der Waals surface area contributed by atoms with Crippen molar-refractivity contribution < 1.29 is 9.84 Å². The van der Waals surface area contributed by atoms with Crippen LogP contribution in [0.2, 0.25) is 0 Å². The number of benzene rings is 1. The molecule has 0 saturated heterocycles. The van der Waals surface area contributed by atoms with Crippen LogP contribution in [0.1, 0.15) is 38.7 Å². The molecule has 0 spiro atoms. The normalized spacial score (nSPS) is 12.4. The van der Waals surface area contributed by atoms with E-state index in [4.69, 9.17) is 4.74 Å². The Balaban J connectivity index is 2.44. The Bertz CT molecular complexity index is 369. The first-order valence-electron chi connectivity index (χ1n) is 6.93. The van der Waals surface area contributed by atoms with Crippen molar-refractivity contribution in [2.45, 2.75) is 45.8 Å². The van der Waals surface area contributed by atoms with Gasteiger partial charge in [0.2, 0.25) is 0 Å². The highest BCUT2D eigenvalue weighted by atomic mass is 79.9. The van der Waals surface area contributed by atoms with Gasteiger partial charge in [-0.1, -0.05) is 22.9 Å². The Kier molecular flexibility index (Phi) is 8.10. The molecule has 0 aliphatic carbocycles. The van der Waals surface area contributed by atoms with Crippen LogP contribution < -0.4 is 10.1 Å². The van der Waals surface area contributed by atoms with Gasteiger partial charge in [-0.3, -0.25) is 0 Å². The number of ether oxygens (including phenoxy) is 1. The van der Waals surface area contributed by atoms with Crippen LogP contribution in [0.25, 0.3) is 0 Å². The SMILES string of the molecule is CCCOc1ccc(Br)cc1CNCCCC(C)O. The van der Waals surface area contributed by atoms with E-state index in [9.17, 15) is 5.11 Å². The van der Waals surface area contributed by atoms with Crippen LogP contribution in [0.15, 0.2) is 22.7 Å². The zero-order valence-electron chi connectivity index (χ0n) is 11.8. The van der Waals surface area contributed by atoms with Gasteiger partial charge in [-0.15, -0.1) is 0 Å². The van der Waals surface area contributed by atoms with E-state index in [1.165, 1.54) is 5.56 Å². The van der Waals surface area contributed by atoms with Crippen molar-refractivity contribution in [2.75, 3.05) is 13.2 Å². The summed E-state index contributed by atoms with van der Waals surface area (Å²) in [6.07, 6.45) is 2.62. The molecule has 0 bridgehead atoms. The van der Waals surface area contributed by atoms with Gasteiger partial charge >= 0.3 is 0 Å². The summed E-state index contributed by atoms with van der Waals surface area (Å²) >= 11 is 3.49. The molecular weight excluding hydrogens is 306 g/mol. The Morgan fingerprint density at radius 3 is 2.89 bits per heavy atom. The first-order chi connectivity index (χ1) is 9.13. The number of halogens is 1. The average Bonchev–Trinajstić information content (AvgIpc) is 2.37. The van der Waals surface area contributed by atoms with Gasteiger partial charge in [0.1, 0.15) is 5.75 Å². The summed E-state index contributed by atoms with van der Waals surface area (Å²) in [7, 11) is 0. The molecule has 1 rings (SSSR count). The largest absolute Gasteiger partial charge is 0.493 e. The van der Waals surface area contributed by atoms with Crippen LogP contribution in [0.3, 0.4) is 0 Å². The molecule has 4 heteroatoms. The van der Waals surface area contributed by atoms with Gasteiger partial charge < -0.3 is 15.2 Å². The molecule has 0 aromatic heterocycles. The zero-order chi connectivity index (χ0) is 14.1. The quantitative estimate of drug-likeness (QED) is 0.681. The second-order valence-electron chi connectivity index (χ2n) is 4.77. The van der Waals surface area contributed by atoms with Crippen LogP contribution in [-0.2, 0) is 6.54 Å². The van der Waals surface area contributed by atoms with Crippen molar-refractivity contribution in [3.05, 3.63) is 28.2 Å². The summed E-state index contributed by atoms with van der Waals surface area (Å²) in [4.78, 5) is 0. The smallest absolute Gasteiger partial charge is 0.123 e. The van der Waals surface area contributed by atoms with Crippen LogP contribution in [0, 0.1) is 0 Å². The van der Waals surface area contributed by atoms with Crippen LogP contribution in [0.4, 0.5) is 0 Å². The van der Waals surface area contributed by atoms with Crippen LogP contribution in [-0.4, -0.2) is 24.4 Å². The minimum Gasteiger partial charge on any atom is -0.493 e. The lowest BCUT2D eigenvalue weighted by Crippen LogP contribution is -2.17. The first-order valence-corrected chi connectivity index (χ1v) is 7.72. The fourth-order valence-electron chi connectivity index (χ4n) is 1.78. The van der Waals surface area contributed by atoms with E-state index >= 15 is 0 Å². The topological polar surface area (TPSA) is 41.5 Å². The molecule has 0 heterocycles. The lowest BCUT2D eigenvalue weighted by atomic mass is 10.2. The van der Waals surface area contributed by atoms with E-state index < -0.39 is 0 Å². The minimum atomic E-state index is -0.212. The summed E-state index contributed by atoms with van der Waals surface area (Å²) in [6.45, 7) is 6.37. The van der Waals surface area contributed by atoms with Gasteiger partial charge in [0.25, 0.3) is 0 Å². The maximum atomic E-state index is 9.19.